The molecule has 1 heterocycles. The van der Waals surface area contributed by atoms with Gasteiger partial charge in [-0.2, -0.15) is 0 Å². The van der Waals surface area contributed by atoms with E-state index in [4.69, 9.17) is 0 Å². The molecule has 0 aromatic carbocycles. The molecule has 1 fully saturated rings. The van der Waals surface area contributed by atoms with Crippen LogP contribution in [0.2, 0.25) is 0 Å². The second kappa shape index (κ2) is 5.21. The molecule has 1 atom stereocenters. The molecule has 0 radical (unpaired) electrons. The van der Waals surface area contributed by atoms with Gasteiger partial charge in [0.25, 0.3) is 6.43 Å². The molecule has 1 N–H and O–H groups in total. The van der Waals surface area contributed by atoms with Crippen molar-refractivity contribution >= 4 is 0 Å². The van der Waals surface area contributed by atoms with Crippen LogP contribution in [0, 0.1) is 5.92 Å². The van der Waals surface area contributed by atoms with Crippen molar-refractivity contribution in [1.29, 1.82) is 0 Å². The molecule has 0 aromatic rings. The van der Waals surface area contributed by atoms with Crippen LogP contribution >= 0.6 is 0 Å². The van der Waals surface area contributed by atoms with Gasteiger partial charge in [0, 0.05) is 12.1 Å². The molecule has 1 aliphatic heterocycles. The smallest absolute Gasteiger partial charge is 0.251 e. The van der Waals surface area contributed by atoms with Gasteiger partial charge in [-0.05, 0) is 46.2 Å². The molecule has 0 amide bonds. The van der Waals surface area contributed by atoms with Crippen LogP contribution < -0.4 is 5.32 Å². The highest BCUT2D eigenvalue weighted by molar-refractivity contribution is 4.80. The van der Waals surface area contributed by atoms with Crippen LogP contribution in [0.3, 0.4) is 0 Å². The lowest BCUT2D eigenvalue weighted by atomic mass is 10.1. The van der Waals surface area contributed by atoms with Crippen LogP contribution in [-0.2, 0) is 0 Å². The maximum atomic E-state index is 12.1. The molecule has 1 rings (SSSR count). The summed E-state index contributed by atoms with van der Waals surface area (Å²) in [5.74, 6) is 0.531. The molecular formula is C11H22F2N2. The molecule has 15 heavy (non-hydrogen) atoms. The van der Waals surface area contributed by atoms with Crippen LogP contribution in [0.5, 0.6) is 0 Å². The van der Waals surface area contributed by atoms with E-state index >= 15 is 0 Å². The summed E-state index contributed by atoms with van der Waals surface area (Å²) in [5, 5.41) is 3.42. The van der Waals surface area contributed by atoms with Crippen LogP contribution in [0.15, 0.2) is 0 Å². The van der Waals surface area contributed by atoms with Crippen molar-refractivity contribution in [2.24, 2.45) is 5.92 Å². The zero-order valence-electron chi connectivity index (χ0n) is 9.89. The SMILES string of the molecule is CC(C)(C)NCC1CCN(CC(F)F)C1. The molecule has 1 saturated heterocycles. The fourth-order valence-electron chi connectivity index (χ4n) is 1.89. The first-order valence-corrected chi connectivity index (χ1v) is 5.62. The van der Waals surface area contributed by atoms with Gasteiger partial charge in [0.15, 0.2) is 0 Å². The van der Waals surface area contributed by atoms with E-state index in [-0.39, 0.29) is 12.1 Å². The number of halogens is 2. The third kappa shape index (κ3) is 5.42. The summed E-state index contributed by atoms with van der Waals surface area (Å²) in [6, 6.07) is 0. The van der Waals surface area contributed by atoms with Gasteiger partial charge in [-0.15, -0.1) is 0 Å². The minimum atomic E-state index is -2.20. The van der Waals surface area contributed by atoms with Crippen molar-refractivity contribution < 1.29 is 8.78 Å². The van der Waals surface area contributed by atoms with E-state index in [1.165, 1.54) is 0 Å². The molecule has 0 bridgehead atoms. The van der Waals surface area contributed by atoms with Gasteiger partial charge < -0.3 is 5.32 Å². The van der Waals surface area contributed by atoms with Crippen LogP contribution in [0.25, 0.3) is 0 Å². The van der Waals surface area contributed by atoms with Crippen LogP contribution in [-0.4, -0.2) is 43.0 Å². The maximum Gasteiger partial charge on any atom is 0.251 e. The maximum absolute atomic E-state index is 12.1. The second-order valence-corrected chi connectivity index (χ2v) is 5.44. The number of rotatable bonds is 4. The Labute approximate surface area is 91.0 Å². The van der Waals surface area contributed by atoms with Crippen molar-refractivity contribution in [3.8, 4) is 0 Å². The number of nitrogens with one attached hydrogen (secondary N) is 1. The molecule has 0 spiro atoms. The highest BCUT2D eigenvalue weighted by atomic mass is 19.3. The summed E-state index contributed by atoms with van der Waals surface area (Å²) in [6.45, 7) is 8.88. The molecule has 4 heteroatoms. The van der Waals surface area contributed by atoms with Gasteiger partial charge in [-0.25, -0.2) is 8.78 Å². The normalized spacial score (nSPS) is 24.0. The Morgan fingerprint density at radius 3 is 2.60 bits per heavy atom. The lowest BCUT2D eigenvalue weighted by molar-refractivity contribution is 0.0977. The minimum Gasteiger partial charge on any atom is -0.312 e. The van der Waals surface area contributed by atoms with E-state index in [1.54, 1.807) is 0 Å². The van der Waals surface area contributed by atoms with E-state index in [2.05, 4.69) is 26.1 Å². The summed E-state index contributed by atoms with van der Waals surface area (Å²) >= 11 is 0. The van der Waals surface area contributed by atoms with Crippen molar-refractivity contribution in [2.45, 2.75) is 39.2 Å². The molecule has 1 unspecified atom stereocenters. The first-order chi connectivity index (χ1) is 6.87. The summed E-state index contributed by atoms with van der Waals surface area (Å²) in [4.78, 5) is 1.86. The number of likely N-dealkylation sites (tertiary alicyclic amines) is 1. The van der Waals surface area contributed by atoms with E-state index in [9.17, 15) is 8.78 Å². The molecule has 90 valence electrons. The second-order valence-electron chi connectivity index (χ2n) is 5.44. The minimum absolute atomic E-state index is 0.0635. The number of alkyl halides is 2. The summed E-state index contributed by atoms with van der Waals surface area (Å²) < 4.78 is 24.3. The van der Waals surface area contributed by atoms with Crippen molar-refractivity contribution in [1.82, 2.24) is 10.2 Å². The third-order valence-electron chi connectivity index (χ3n) is 2.69. The first-order valence-electron chi connectivity index (χ1n) is 5.62. The molecule has 0 aliphatic carbocycles. The van der Waals surface area contributed by atoms with Gasteiger partial charge >= 0.3 is 0 Å². The zero-order chi connectivity index (χ0) is 11.5. The van der Waals surface area contributed by atoms with Gasteiger partial charge in [0.1, 0.15) is 0 Å². The summed E-state index contributed by atoms with van der Waals surface area (Å²) in [5.41, 5.74) is 0.121. The Bertz CT molecular complexity index is 190. The topological polar surface area (TPSA) is 15.3 Å². The Hall–Kier alpha value is -0.220. The highest BCUT2D eigenvalue weighted by Crippen LogP contribution is 2.17. The summed E-state index contributed by atoms with van der Waals surface area (Å²) in [7, 11) is 0. The van der Waals surface area contributed by atoms with Gasteiger partial charge in [-0.3, -0.25) is 4.90 Å². The Morgan fingerprint density at radius 1 is 1.40 bits per heavy atom. The quantitative estimate of drug-likeness (QED) is 0.779. The largest absolute Gasteiger partial charge is 0.312 e. The van der Waals surface area contributed by atoms with Crippen LogP contribution in [0.1, 0.15) is 27.2 Å². The summed E-state index contributed by atoms with van der Waals surface area (Å²) in [6.07, 6.45) is -1.16. The van der Waals surface area contributed by atoms with Crippen molar-refractivity contribution in [3.05, 3.63) is 0 Å². The molecule has 1 aliphatic rings. The average molecular weight is 220 g/mol. The fourth-order valence-corrected chi connectivity index (χ4v) is 1.89. The van der Waals surface area contributed by atoms with Gasteiger partial charge in [0.05, 0.1) is 6.54 Å². The Morgan fingerprint density at radius 2 is 2.07 bits per heavy atom. The first kappa shape index (κ1) is 12.8. The van der Waals surface area contributed by atoms with Crippen molar-refractivity contribution in [2.75, 3.05) is 26.2 Å². The standard InChI is InChI=1S/C11H22F2N2/c1-11(2,3)14-6-9-4-5-15(7-9)8-10(12)13/h9-10,14H,4-8H2,1-3H3. The highest BCUT2D eigenvalue weighted by Gasteiger charge is 2.25. The monoisotopic (exact) mass is 220 g/mol. The van der Waals surface area contributed by atoms with E-state index in [0.29, 0.717) is 5.92 Å². The molecule has 2 nitrogen and oxygen atoms in total. The lowest BCUT2D eigenvalue weighted by Gasteiger charge is -2.23. The predicted molar refractivity (Wildman–Crippen MR) is 58.3 cm³/mol. The molecule has 0 saturated carbocycles. The number of hydrogen-bond acceptors (Lipinski definition) is 2. The Balaban J connectivity index is 2.19. The predicted octanol–water partition coefficient (Wildman–Crippen LogP) is 1.96. The number of hydrogen-bond donors (Lipinski definition) is 1. The third-order valence-corrected chi connectivity index (χ3v) is 2.69. The van der Waals surface area contributed by atoms with E-state index < -0.39 is 6.43 Å². The Kier molecular flexibility index (Phi) is 4.46. The van der Waals surface area contributed by atoms with Gasteiger partial charge in [0.2, 0.25) is 0 Å². The lowest BCUT2D eigenvalue weighted by Crippen LogP contribution is -2.39. The number of nitrogens with zero attached hydrogens (tertiary/aromatic N) is 1. The fraction of sp³-hybridized carbons (Fsp3) is 1.00. The average Bonchev–Trinajstić information content (AvgIpc) is 2.46. The van der Waals surface area contributed by atoms with E-state index in [1.807, 2.05) is 4.90 Å². The van der Waals surface area contributed by atoms with E-state index in [0.717, 1.165) is 26.1 Å². The molecule has 0 aromatic heterocycles. The zero-order valence-corrected chi connectivity index (χ0v) is 9.89. The van der Waals surface area contributed by atoms with Crippen molar-refractivity contribution in [3.63, 3.8) is 0 Å². The molecular weight excluding hydrogens is 198 g/mol. The van der Waals surface area contributed by atoms with Crippen LogP contribution in [0.4, 0.5) is 8.78 Å². The van der Waals surface area contributed by atoms with Gasteiger partial charge in [-0.1, -0.05) is 0 Å².